The van der Waals surface area contributed by atoms with Gasteiger partial charge in [-0.05, 0) is 0 Å². The van der Waals surface area contributed by atoms with Gasteiger partial charge >= 0.3 is 7.32 Å². The Hall–Kier alpha value is -0.0551. The van der Waals surface area contributed by atoms with Crippen LogP contribution in [-0.4, -0.2) is 13.8 Å². The van der Waals surface area contributed by atoms with Gasteiger partial charge in [0.2, 0.25) is 6.48 Å². The van der Waals surface area contributed by atoms with E-state index in [4.69, 9.17) is 0 Å². The molecule has 3 aliphatic rings. The monoisotopic (exact) mass is 72.0 g/mol. The third-order valence-electron chi connectivity index (χ3n) is 0.667. The molecule has 0 aliphatic carbocycles. The summed E-state index contributed by atoms with van der Waals surface area (Å²) >= 11 is 0. The zero-order valence-electron chi connectivity index (χ0n) is 2.38. The Morgan fingerprint density at radius 3 is 1.40 bits per heavy atom. The molecule has 0 unspecified atom stereocenters. The average Bonchev–Trinajstić information content (AvgIpc) is 0.592. The molecule has 0 aromatic heterocycles. The molecule has 0 N–H and O–H groups in total. The Kier molecular flexibility index (Phi) is 0.186. The second-order valence-electron chi connectivity index (χ2n) is 0.986. The van der Waals surface area contributed by atoms with Gasteiger partial charge in [0.25, 0.3) is 0 Å². The number of rotatable bonds is 0. The summed E-state index contributed by atoms with van der Waals surface area (Å²) in [7, 11) is -0.292. The first-order valence-corrected chi connectivity index (χ1v) is 1.41. The Morgan fingerprint density at radius 1 is 1.20 bits per heavy atom. The van der Waals surface area contributed by atoms with Crippen molar-refractivity contribution >= 4 is 7.32 Å². The van der Waals surface area contributed by atoms with Crippen LogP contribution in [0.25, 0.3) is 0 Å². The van der Waals surface area contributed by atoms with Crippen LogP contribution in [0.2, 0.25) is 0 Å². The van der Waals surface area contributed by atoms with Crippen LogP contribution in [0.4, 0.5) is 0 Å². The van der Waals surface area contributed by atoms with E-state index in [-0.39, 0.29) is 13.8 Å². The topological polar surface area (TPSA) is 27.7 Å². The van der Waals surface area contributed by atoms with Crippen molar-refractivity contribution in [1.29, 1.82) is 0 Å². The minimum absolute atomic E-state index is 0.292. The summed E-state index contributed by atoms with van der Waals surface area (Å²) in [5.74, 6) is 0. The molecule has 3 saturated heterocycles. The molecule has 0 radical (unpaired) electrons. The lowest BCUT2D eigenvalue weighted by Gasteiger charge is -2.43. The van der Waals surface area contributed by atoms with E-state index in [9.17, 15) is 0 Å². The fraction of sp³-hybridized carbons (Fsp3) is 1.00. The van der Waals surface area contributed by atoms with E-state index < -0.39 is 0 Å². The van der Waals surface area contributed by atoms with Gasteiger partial charge < -0.3 is 14.0 Å². The summed E-state index contributed by atoms with van der Waals surface area (Å²) in [5.41, 5.74) is 0. The Labute approximate surface area is 29.0 Å². The van der Waals surface area contributed by atoms with E-state index in [0.717, 1.165) is 0 Å². The van der Waals surface area contributed by atoms with Crippen molar-refractivity contribution in [3.63, 3.8) is 0 Å². The normalized spacial score (nSPS) is 32.4. The molecule has 3 heterocycles. The van der Waals surface area contributed by atoms with Gasteiger partial charge in [-0.1, -0.05) is 0 Å². The first kappa shape index (κ1) is 2.18. The predicted octanol–water partition coefficient (Wildman–Crippen LogP) is -0.668. The molecule has 4 heteroatoms. The van der Waals surface area contributed by atoms with E-state index in [1.165, 1.54) is 0 Å². The van der Waals surface area contributed by atoms with Gasteiger partial charge in [0.05, 0.1) is 0 Å². The second kappa shape index (κ2) is 0.428. The van der Waals surface area contributed by atoms with Crippen LogP contribution in [0.1, 0.15) is 0 Å². The summed E-state index contributed by atoms with van der Waals surface area (Å²) in [6, 6.07) is 0. The van der Waals surface area contributed by atoms with Crippen molar-refractivity contribution in [2.24, 2.45) is 0 Å². The highest BCUT2D eigenvalue weighted by molar-refractivity contribution is 6.42. The van der Waals surface area contributed by atoms with E-state index in [1.54, 1.807) is 0 Å². The fourth-order valence-corrected chi connectivity index (χ4v) is 0.303. The molecule has 5 heavy (non-hydrogen) atoms. The number of hydrogen-bond acceptors (Lipinski definition) is 3. The summed E-state index contributed by atoms with van der Waals surface area (Å²) in [6.45, 7) is -0.292. The third-order valence-corrected chi connectivity index (χ3v) is 0.667. The molecule has 0 aromatic rings. The van der Waals surface area contributed by atoms with Gasteiger partial charge in [0.15, 0.2) is 0 Å². The maximum absolute atomic E-state index is 4.58. The predicted molar refractivity (Wildman–Crippen MR) is 12.8 cm³/mol. The molecule has 0 aromatic carbocycles. The molecule has 3 aliphatic heterocycles. The molecule has 3 rings (SSSR count). The smallest absolute Gasteiger partial charge is 0.338 e. The largest absolute Gasteiger partial charge is 0.650 e. The van der Waals surface area contributed by atoms with E-state index in [0.29, 0.717) is 0 Å². The molecule has 0 spiro atoms. The zero-order valence-corrected chi connectivity index (χ0v) is 2.38. The summed E-state index contributed by atoms with van der Waals surface area (Å²) in [4.78, 5) is 0. The van der Waals surface area contributed by atoms with Crippen molar-refractivity contribution in [1.82, 2.24) is 0 Å². The molecule has 0 atom stereocenters. The van der Waals surface area contributed by atoms with Crippen molar-refractivity contribution in [3.05, 3.63) is 0 Å². The second-order valence-corrected chi connectivity index (χ2v) is 0.986. The molecule has 0 saturated carbocycles. The van der Waals surface area contributed by atoms with Gasteiger partial charge in [-0.3, -0.25) is 0 Å². The van der Waals surface area contributed by atoms with Crippen LogP contribution in [0.3, 0.4) is 0 Å². The van der Waals surface area contributed by atoms with Crippen LogP contribution in [0, 0.1) is 0 Å². The van der Waals surface area contributed by atoms with Crippen molar-refractivity contribution in [2.45, 2.75) is 6.48 Å². The lowest BCUT2D eigenvalue weighted by molar-refractivity contribution is -0.370. The van der Waals surface area contributed by atoms with E-state index in [2.05, 4.69) is 14.0 Å². The quantitative estimate of drug-likeness (QED) is 0.355. The standard InChI is InChI=1S/CHBO3/c3-1-4-2(3)5-1/h1H. The lowest BCUT2D eigenvalue weighted by atomic mass is 10.1. The summed E-state index contributed by atoms with van der Waals surface area (Å²) in [6.07, 6.45) is 0. The van der Waals surface area contributed by atoms with Crippen molar-refractivity contribution in [2.75, 3.05) is 0 Å². The summed E-state index contributed by atoms with van der Waals surface area (Å²) in [5, 5.41) is 0. The fourth-order valence-electron chi connectivity index (χ4n) is 0.303. The Balaban J connectivity index is 2.19. The van der Waals surface area contributed by atoms with Gasteiger partial charge in [-0.2, -0.15) is 0 Å². The van der Waals surface area contributed by atoms with E-state index in [1.807, 2.05) is 0 Å². The Bertz CT molecular complexity index is 43.6. The summed E-state index contributed by atoms with van der Waals surface area (Å²) < 4.78 is 13.8. The van der Waals surface area contributed by atoms with Gasteiger partial charge in [0.1, 0.15) is 0 Å². The highest BCUT2D eigenvalue weighted by Crippen LogP contribution is 2.27. The van der Waals surface area contributed by atoms with E-state index >= 15 is 0 Å². The molecule has 3 fully saturated rings. The lowest BCUT2D eigenvalue weighted by Crippen LogP contribution is -2.63. The average molecular weight is 71.8 g/mol. The first-order chi connectivity index (χ1) is 2.45. The van der Waals surface area contributed by atoms with Crippen LogP contribution in [0.5, 0.6) is 0 Å². The maximum atomic E-state index is 4.58. The van der Waals surface area contributed by atoms with Crippen LogP contribution >= 0.6 is 0 Å². The van der Waals surface area contributed by atoms with Crippen LogP contribution in [0.15, 0.2) is 0 Å². The van der Waals surface area contributed by atoms with Crippen LogP contribution < -0.4 is 0 Å². The molecular formula is CHBO3. The molecule has 3 nitrogen and oxygen atoms in total. The third kappa shape index (κ3) is 0.105. The minimum Gasteiger partial charge on any atom is -0.338 e. The van der Waals surface area contributed by atoms with Crippen molar-refractivity contribution < 1.29 is 14.0 Å². The first-order valence-electron chi connectivity index (χ1n) is 1.41. The van der Waals surface area contributed by atoms with Crippen molar-refractivity contribution in [3.8, 4) is 0 Å². The van der Waals surface area contributed by atoms with Gasteiger partial charge in [-0.25, -0.2) is 0 Å². The minimum atomic E-state index is -0.292. The molecular weight excluding hydrogens is 70.8 g/mol. The zero-order chi connectivity index (χ0) is 3.28. The highest BCUT2D eigenvalue weighted by atomic mass is 17.1. The maximum Gasteiger partial charge on any atom is 0.650 e. The SMILES string of the molecule is O1B2OC1O2. The molecule has 26 valence electrons. The molecule has 0 amide bonds. The van der Waals surface area contributed by atoms with Gasteiger partial charge in [-0.15, -0.1) is 0 Å². The molecule has 2 bridgehead atoms. The van der Waals surface area contributed by atoms with Crippen LogP contribution in [-0.2, 0) is 14.0 Å². The number of hydrogen-bond donors (Lipinski definition) is 0. The van der Waals surface area contributed by atoms with Gasteiger partial charge in [0, 0.05) is 0 Å². The highest BCUT2D eigenvalue weighted by Gasteiger charge is 2.55. The Morgan fingerprint density at radius 2 is 1.40 bits per heavy atom.